The van der Waals surface area contributed by atoms with Crippen molar-refractivity contribution in [1.82, 2.24) is 0 Å². The highest BCUT2D eigenvalue weighted by molar-refractivity contribution is 5.97. The van der Waals surface area contributed by atoms with Gasteiger partial charge in [-0.05, 0) is 24.6 Å². The van der Waals surface area contributed by atoms with Crippen molar-refractivity contribution in [2.75, 3.05) is 31.3 Å². The van der Waals surface area contributed by atoms with Gasteiger partial charge >= 0.3 is 5.97 Å². The zero-order valence-electron chi connectivity index (χ0n) is 9.41. The molecule has 0 saturated carbocycles. The molecule has 5 nitrogen and oxygen atoms in total. The number of carbonyl (C=O) groups is 1. The molecule has 1 aromatic carbocycles. The molecule has 0 saturated heterocycles. The minimum atomic E-state index is -0.465. The number of methoxy groups -OCH3 is 1. The second-order valence-electron chi connectivity index (χ2n) is 3.40. The minimum absolute atomic E-state index is 0.0248. The lowest BCUT2D eigenvalue weighted by Gasteiger charge is -2.11. The van der Waals surface area contributed by atoms with Crippen LogP contribution in [0.2, 0.25) is 0 Å². The first-order valence-corrected chi connectivity index (χ1v) is 4.93. The summed E-state index contributed by atoms with van der Waals surface area (Å²) in [5.41, 5.74) is 8.06. The van der Waals surface area contributed by atoms with E-state index in [1.165, 1.54) is 7.11 Å². The Labute approximate surface area is 94.2 Å². The van der Waals surface area contributed by atoms with Crippen molar-refractivity contribution in [2.24, 2.45) is 0 Å². The average molecular weight is 224 g/mol. The normalized spacial score (nSPS) is 9.94. The summed E-state index contributed by atoms with van der Waals surface area (Å²) in [5, 5.41) is 11.7. The van der Waals surface area contributed by atoms with E-state index in [2.05, 4.69) is 10.1 Å². The molecular weight excluding hydrogens is 208 g/mol. The summed E-state index contributed by atoms with van der Waals surface area (Å²) in [6.07, 6.45) is 0. The molecule has 0 aromatic heterocycles. The highest BCUT2D eigenvalue weighted by Crippen LogP contribution is 2.23. The summed E-state index contributed by atoms with van der Waals surface area (Å²) in [6.45, 7) is 2.26. The maximum absolute atomic E-state index is 11.4. The Bertz CT molecular complexity index is 391. The van der Waals surface area contributed by atoms with E-state index in [4.69, 9.17) is 10.8 Å². The number of hydrogen-bond acceptors (Lipinski definition) is 5. The van der Waals surface area contributed by atoms with Gasteiger partial charge in [0.15, 0.2) is 0 Å². The van der Waals surface area contributed by atoms with Crippen molar-refractivity contribution in [3.8, 4) is 0 Å². The number of nitrogen functional groups attached to an aromatic ring is 1. The van der Waals surface area contributed by atoms with Crippen molar-refractivity contribution in [3.05, 3.63) is 23.3 Å². The van der Waals surface area contributed by atoms with Crippen LogP contribution in [0.15, 0.2) is 12.1 Å². The predicted octanol–water partition coefficient (Wildman–Crippen LogP) is 0.768. The van der Waals surface area contributed by atoms with Crippen molar-refractivity contribution in [3.63, 3.8) is 0 Å². The summed E-state index contributed by atoms with van der Waals surface area (Å²) >= 11 is 0. The second-order valence-corrected chi connectivity index (χ2v) is 3.40. The number of esters is 1. The maximum atomic E-state index is 11.4. The molecule has 0 heterocycles. The molecule has 0 fully saturated rings. The lowest BCUT2D eigenvalue weighted by Crippen LogP contribution is -2.10. The van der Waals surface area contributed by atoms with E-state index in [1.807, 2.05) is 13.0 Å². The number of carbonyl (C=O) groups excluding carboxylic acids is 1. The third-order valence-electron chi connectivity index (χ3n) is 2.23. The Hall–Kier alpha value is -1.75. The van der Waals surface area contributed by atoms with E-state index in [0.717, 1.165) is 11.3 Å². The Morgan fingerprint density at radius 3 is 2.81 bits per heavy atom. The third kappa shape index (κ3) is 2.64. The number of aliphatic hydroxyl groups excluding tert-OH is 1. The van der Waals surface area contributed by atoms with Gasteiger partial charge in [-0.15, -0.1) is 0 Å². The Kier molecular flexibility index (Phi) is 4.13. The first kappa shape index (κ1) is 12.3. The lowest BCUT2D eigenvalue weighted by atomic mass is 10.1. The maximum Gasteiger partial charge on any atom is 0.340 e. The number of rotatable bonds is 4. The van der Waals surface area contributed by atoms with Gasteiger partial charge in [-0.2, -0.15) is 0 Å². The standard InChI is InChI=1S/C11H16N2O3/c1-7-5-8(13-3-4-14)6-9(10(7)12)11(15)16-2/h5-6,13-14H,3-4,12H2,1-2H3. The van der Waals surface area contributed by atoms with E-state index < -0.39 is 5.97 Å². The average Bonchev–Trinajstić information content (AvgIpc) is 2.29. The van der Waals surface area contributed by atoms with Crippen LogP contribution in [0.1, 0.15) is 15.9 Å². The molecule has 0 bridgehead atoms. The van der Waals surface area contributed by atoms with Gasteiger partial charge in [-0.25, -0.2) is 4.79 Å². The fourth-order valence-electron chi connectivity index (χ4n) is 1.38. The first-order chi connectivity index (χ1) is 7.60. The Morgan fingerprint density at radius 2 is 2.25 bits per heavy atom. The van der Waals surface area contributed by atoms with Gasteiger partial charge in [-0.3, -0.25) is 0 Å². The number of hydrogen-bond donors (Lipinski definition) is 3. The van der Waals surface area contributed by atoms with Crippen LogP contribution in [0.3, 0.4) is 0 Å². The summed E-state index contributed by atoms with van der Waals surface area (Å²) < 4.78 is 4.64. The van der Waals surface area contributed by atoms with Crippen LogP contribution in [-0.4, -0.2) is 31.3 Å². The summed E-state index contributed by atoms with van der Waals surface area (Å²) in [5.74, 6) is -0.465. The number of benzene rings is 1. The van der Waals surface area contributed by atoms with Crippen LogP contribution in [0, 0.1) is 6.92 Å². The molecule has 0 amide bonds. The van der Waals surface area contributed by atoms with Crippen LogP contribution in [0.4, 0.5) is 11.4 Å². The second kappa shape index (κ2) is 5.37. The fraction of sp³-hybridized carbons (Fsp3) is 0.364. The minimum Gasteiger partial charge on any atom is -0.465 e. The summed E-state index contributed by atoms with van der Waals surface area (Å²) in [6, 6.07) is 3.43. The Balaban J connectivity index is 3.06. The molecule has 0 aliphatic carbocycles. The molecule has 0 spiro atoms. The number of nitrogens with one attached hydrogen (secondary N) is 1. The Morgan fingerprint density at radius 1 is 1.56 bits per heavy atom. The number of aryl methyl sites for hydroxylation is 1. The van der Waals surface area contributed by atoms with E-state index in [1.54, 1.807) is 6.07 Å². The van der Waals surface area contributed by atoms with Gasteiger partial charge in [0, 0.05) is 17.9 Å². The molecule has 16 heavy (non-hydrogen) atoms. The molecule has 1 rings (SSSR count). The molecule has 5 heteroatoms. The zero-order valence-corrected chi connectivity index (χ0v) is 9.41. The van der Waals surface area contributed by atoms with E-state index in [-0.39, 0.29) is 6.61 Å². The van der Waals surface area contributed by atoms with E-state index in [9.17, 15) is 4.79 Å². The number of anilines is 2. The quantitative estimate of drug-likeness (QED) is 0.519. The summed E-state index contributed by atoms with van der Waals surface area (Å²) in [4.78, 5) is 11.4. The van der Waals surface area contributed by atoms with Crippen LogP contribution in [0.25, 0.3) is 0 Å². The van der Waals surface area contributed by atoms with Crippen molar-refractivity contribution in [2.45, 2.75) is 6.92 Å². The molecule has 88 valence electrons. The third-order valence-corrected chi connectivity index (χ3v) is 2.23. The number of aliphatic hydroxyl groups is 1. The molecular formula is C11H16N2O3. The number of ether oxygens (including phenoxy) is 1. The van der Waals surface area contributed by atoms with Crippen LogP contribution in [0.5, 0.6) is 0 Å². The molecule has 0 radical (unpaired) electrons. The van der Waals surface area contributed by atoms with E-state index >= 15 is 0 Å². The van der Waals surface area contributed by atoms with Gasteiger partial charge in [0.25, 0.3) is 0 Å². The van der Waals surface area contributed by atoms with Crippen molar-refractivity contribution in [1.29, 1.82) is 0 Å². The molecule has 4 N–H and O–H groups in total. The zero-order chi connectivity index (χ0) is 12.1. The topological polar surface area (TPSA) is 84.6 Å². The van der Waals surface area contributed by atoms with Gasteiger partial charge in [-0.1, -0.05) is 0 Å². The highest BCUT2D eigenvalue weighted by atomic mass is 16.5. The predicted molar refractivity (Wildman–Crippen MR) is 62.5 cm³/mol. The lowest BCUT2D eigenvalue weighted by molar-refractivity contribution is 0.0602. The van der Waals surface area contributed by atoms with E-state index in [0.29, 0.717) is 17.8 Å². The molecule has 0 unspecified atom stereocenters. The number of nitrogens with two attached hydrogens (primary N) is 1. The van der Waals surface area contributed by atoms with Crippen LogP contribution >= 0.6 is 0 Å². The van der Waals surface area contributed by atoms with Crippen molar-refractivity contribution < 1.29 is 14.6 Å². The molecule has 1 aromatic rings. The SMILES string of the molecule is COC(=O)c1cc(NCCO)cc(C)c1N. The van der Waals surface area contributed by atoms with Gasteiger partial charge in [0.05, 0.1) is 19.3 Å². The van der Waals surface area contributed by atoms with Crippen molar-refractivity contribution >= 4 is 17.3 Å². The smallest absolute Gasteiger partial charge is 0.340 e. The van der Waals surface area contributed by atoms with Gasteiger partial charge < -0.3 is 20.9 Å². The monoisotopic (exact) mass is 224 g/mol. The van der Waals surface area contributed by atoms with Crippen LogP contribution in [-0.2, 0) is 4.74 Å². The van der Waals surface area contributed by atoms with Gasteiger partial charge in [0.2, 0.25) is 0 Å². The molecule has 0 aliphatic heterocycles. The fourth-order valence-corrected chi connectivity index (χ4v) is 1.38. The molecule has 0 aliphatic rings. The largest absolute Gasteiger partial charge is 0.465 e. The highest BCUT2D eigenvalue weighted by Gasteiger charge is 2.13. The summed E-state index contributed by atoms with van der Waals surface area (Å²) in [7, 11) is 1.31. The van der Waals surface area contributed by atoms with Gasteiger partial charge in [0.1, 0.15) is 0 Å². The first-order valence-electron chi connectivity index (χ1n) is 4.93. The van der Waals surface area contributed by atoms with Crippen LogP contribution < -0.4 is 11.1 Å². The molecule has 0 atom stereocenters.